The molecule has 0 aliphatic carbocycles. The molecular weight excluding hydrogens is 200 g/mol. The van der Waals surface area contributed by atoms with Crippen LogP contribution in [-0.2, 0) is 0 Å². The molecule has 0 spiro atoms. The average molecular weight is 220 g/mol. The van der Waals surface area contributed by atoms with E-state index in [1.807, 2.05) is 12.1 Å². The van der Waals surface area contributed by atoms with Gasteiger partial charge in [0, 0.05) is 18.8 Å². The number of nitrogens with two attached hydrogens (primary N) is 1. The molecule has 0 saturated carbocycles. The Labute approximate surface area is 96.8 Å². The van der Waals surface area contributed by atoms with Crippen molar-refractivity contribution in [3.63, 3.8) is 0 Å². The minimum absolute atomic E-state index is 0.545. The highest BCUT2D eigenvalue weighted by molar-refractivity contribution is 5.60. The number of hydrogen-bond donors (Lipinski definition) is 2. The van der Waals surface area contributed by atoms with Crippen molar-refractivity contribution in [2.75, 3.05) is 30.7 Å². The van der Waals surface area contributed by atoms with E-state index < -0.39 is 0 Å². The molecule has 1 unspecified atom stereocenters. The first kappa shape index (κ1) is 11.2. The van der Waals surface area contributed by atoms with Gasteiger partial charge in [0.1, 0.15) is 5.82 Å². The van der Waals surface area contributed by atoms with Crippen LogP contribution in [0.3, 0.4) is 0 Å². The first-order chi connectivity index (χ1) is 7.77. The highest BCUT2D eigenvalue weighted by Gasteiger charge is 2.17. The lowest BCUT2D eigenvalue weighted by molar-refractivity contribution is 0.269. The second-order valence-electron chi connectivity index (χ2n) is 4.41. The van der Waals surface area contributed by atoms with E-state index >= 15 is 0 Å². The number of nitrogens with one attached hydrogen (secondary N) is 1. The average Bonchev–Trinajstić information content (AvgIpc) is 2.81. The molecule has 1 aromatic rings. The van der Waals surface area contributed by atoms with Crippen LogP contribution in [0.15, 0.2) is 18.3 Å². The molecule has 1 fully saturated rings. The van der Waals surface area contributed by atoms with Crippen molar-refractivity contribution in [2.24, 2.45) is 0 Å². The maximum Gasteiger partial charge on any atom is 0.149 e. The highest BCUT2D eigenvalue weighted by atomic mass is 15.2. The molecule has 2 rings (SSSR count). The van der Waals surface area contributed by atoms with Crippen LogP contribution in [0.5, 0.6) is 0 Å². The number of likely N-dealkylation sites (tertiary alicyclic amines) is 1. The number of hydrogen-bond acceptors (Lipinski definition) is 4. The molecule has 16 heavy (non-hydrogen) atoms. The van der Waals surface area contributed by atoms with Gasteiger partial charge in [0.05, 0.1) is 5.69 Å². The van der Waals surface area contributed by atoms with Crippen LogP contribution in [0.1, 0.15) is 19.8 Å². The highest BCUT2D eigenvalue weighted by Crippen LogP contribution is 2.15. The Hall–Kier alpha value is -1.29. The van der Waals surface area contributed by atoms with Gasteiger partial charge in [0.15, 0.2) is 0 Å². The Balaban J connectivity index is 1.84. The maximum atomic E-state index is 5.82. The lowest BCUT2D eigenvalue weighted by Crippen LogP contribution is -2.35. The minimum Gasteiger partial charge on any atom is -0.396 e. The molecule has 2 heterocycles. The van der Waals surface area contributed by atoms with E-state index in [-0.39, 0.29) is 0 Å². The van der Waals surface area contributed by atoms with Gasteiger partial charge in [-0.1, -0.05) is 0 Å². The number of nitrogens with zero attached hydrogens (tertiary/aromatic N) is 2. The van der Waals surface area contributed by atoms with E-state index in [2.05, 4.69) is 22.1 Å². The summed E-state index contributed by atoms with van der Waals surface area (Å²) in [5.41, 5.74) is 6.54. The molecule has 1 saturated heterocycles. The van der Waals surface area contributed by atoms with E-state index in [0.29, 0.717) is 6.04 Å². The predicted molar refractivity (Wildman–Crippen MR) is 67.4 cm³/mol. The summed E-state index contributed by atoms with van der Waals surface area (Å²) < 4.78 is 0. The number of pyridine rings is 1. The van der Waals surface area contributed by atoms with Crippen LogP contribution in [0.25, 0.3) is 0 Å². The zero-order chi connectivity index (χ0) is 11.4. The summed E-state index contributed by atoms with van der Waals surface area (Å²) in [6, 6.07) is 4.27. The van der Waals surface area contributed by atoms with E-state index in [0.717, 1.165) is 18.1 Å². The summed E-state index contributed by atoms with van der Waals surface area (Å²) in [5, 5.41) is 3.31. The quantitative estimate of drug-likeness (QED) is 0.808. The predicted octanol–water partition coefficient (Wildman–Crippen LogP) is 1.56. The Morgan fingerprint density at radius 1 is 1.50 bits per heavy atom. The number of rotatable bonds is 4. The molecule has 0 aromatic carbocycles. The number of aromatic nitrogens is 1. The van der Waals surface area contributed by atoms with E-state index in [1.165, 1.54) is 25.9 Å². The molecule has 4 nitrogen and oxygen atoms in total. The summed E-state index contributed by atoms with van der Waals surface area (Å²) in [7, 11) is 0. The fraction of sp³-hybridized carbons (Fsp3) is 0.583. The first-order valence-corrected chi connectivity index (χ1v) is 5.96. The molecule has 0 amide bonds. The van der Waals surface area contributed by atoms with Crippen LogP contribution in [-0.4, -0.2) is 35.6 Å². The zero-order valence-corrected chi connectivity index (χ0v) is 9.82. The maximum absolute atomic E-state index is 5.82. The van der Waals surface area contributed by atoms with Crippen molar-refractivity contribution in [2.45, 2.75) is 25.8 Å². The van der Waals surface area contributed by atoms with Crippen molar-refractivity contribution < 1.29 is 0 Å². The first-order valence-electron chi connectivity index (χ1n) is 5.96. The van der Waals surface area contributed by atoms with Crippen LogP contribution >= 0.6 is 0 Å². The second-order valence-corrected chi connectivity index (χ2v) is 4.41. The minimum atomic E-state index is 0.545. The molecule has 1 aromatic heterocycles. The molecule has 0 bridgehead atoms. The Bertz CT molecular complexity index is 334. The SMILES string of the molecule is CC(CNc1ncccc1N)N1CCCC1. The van der Waals surface area contributed by atoms with E-state index in [4.69, 9.17) is 5.73 Å². The van der Waals surface area contributed by atoms with Gasteiger partial charge in [-0.25, -0.2) is 4.98 Å². The van der Waals surface area contributed by atoms with E-state index in [1.54, 1.807) is 6.20 Å². The normalized spacial score (nSPS) is 18.6. The summed E-state index contributed by atoms with van der Waals surface area (Å²) in [5.74, 6) is 0.800. The zero-order valence-electron chi connectivity index (χ0n) is 9.82. The number of anilines is 2. The summed E-state index contributed by atoms with van der Waals surface area (Å²) in [4.78, 5) is 6.73. The topological polar surface area (TPSA) is 54.2 Å². The molecule has 3 N–H and O–H groups in total. The van der Waals surface area contributed by atoms with Gasteiger partial charge < -0.3 is 11.1 Å². The van der Waals surface area contributed by atoms with Crippen molar-refractivity contribution in [3.05, 3.63) is 18.3 Å². The van der Waals surface area contributed by atoms with Gasteiger partial charge in [-0.2, -0.15) is 0 Å². The standard InChI is InChI=1S/C12H20N4/c1-10(16-7-2-3-8-16)9-15-12-11(13)5-4-6-14-12/h4-6,10H,2-3,7-9,13H2,1H3,(H,14,15). The summed E-state index contributed by atoms with van der Waals surface area (Å²) in [6.45, 7) is 5.60. The van der Waals surface area contributed by atoms with E-state index in [9.17, 15) is 0 Å². The van der Waals surface area contributed by atoms with Crippen LogP contribution < -0.4 is 11.1 Å². The van der Waals surface area contributed by atoms with Crippen molar-refractivity contribution in [1.29, 1.82) is 0 Å². The van der Waals surface area contributed by atoms with Crippen molar-refractivity contribution in [1.82, 2.24) is 9.88 Å². The third-order valence-corrected chi connectivity index (χ3v) is 3.17. The van der Waals surface area contributed by atoms with Gasteiger partial charge in [0.2, 0.25) is 0 Å². The Morgan fingerprint density at radius 2 is 2.25 bits per heavy atom. The fourth-order valence-corrected chi connectivity index (χ4v) is 2.12. The van der Waals surface area contributed by atoms with Gasteiger partial charge >= 0.3 is 0 Å². The molecule has 1 aliphatic heterocycles. The second kappa shape index (κ2) is 5.16. The van der Waals surface area contributed by atoms with Gasteiger partial charge in [-0.05, 0) is 45.0 Å². The largest absolute Gasteiger partial charge is 0.396 e. The summed E-state index contributed by atoms with van der Waals surface area (Å²) in [6.07, 6.45) is 4.42. The number of nitrogen functional groups attached to an aromatic ring is 1. The van der Waals surface area contributed by atoms with Crippen LogP contribution in [0.2, 0.25) is 0 Å². The van der Waals surface area contributed by atoms with Crippen LogP contribution in [0.4, 0.5) is 11.5 Å². The fourth-order valence-electron chi connectivity index (χ4n) is 2.12. The summed E-state index contributed by atoms with van der Waals surface area (Å²) >= 11 is 0. The lowest BCUT2D eigenvalue weighted by atomic mass is 10.3. The molecule has 0 radical (unpaired) electrons. The van der Waals surface area contributed by atoms with Gasteiger partial charge in [-0.3, -0.25) is 4.90 Å². The molecule has 88 valence electrons. The Morgan fingerprint density at radius 3 is 2.94 bits per heavy atom. The van der Waals surface area contributed by atoms with Gasteiger partial charge in [0.25, 0.3) is 0 Å². The molecule has 1 atom stereocenters. The lowest BCUT2D eigenvalue weighted by Gasteiger charge is -2.24. The monoisotopic (exact) mass is 220 g/mol. The van der Waals surface area contributed by atoms with Crippen LogP contribution in [0, 0.1) is 0 Å². The van der Waals surface area contributed by atoms with Crippen molar-refractivity contribution in [3.8, 4) is 0 Å². The Kier molecular flexibility index (Phi) is 3.62. The molecule has 1 aliphatic rings. The third-order valence-electron chi connectivity index (χ3n) is 3.17. The third kappa shape index (κ3) is 2.64. The van der Waals surface area contributed by atoms with Gasteiger partial charge in [-0.15, -0.1) is 0 Å². The molecular formula is C12H20N4. The van der Waals surface area contributed by atoms with Crippen molar-refractivity contribution >= 4 is 11.5 Å². The molecule has 4 heteroatoms. The smallest absolute Gasteiger partial charge is 0.149 e.